The van der Waals surface area contributed by atoms with Crippen LogP contribution in [0.1, 0.15) is 43.0 Å². The van der Waals surface area contributed by atoms with Crippen LogP contribution in [0, 0.1) is 11.8 Å². The van der Waals surface area contributed by atoms with Crippen LogP contribution in [0.15, 0.2) is 48.7 Å². The van der Waals surface area contributed by atoms with Crippen molar-refractivity contribution in [3.8, 4) is 5.75 Å². The molecule has 0 radical (unpaired) electrons. The van der Waals surface area contributed by atoms with Crippen molar-refractivity contribution in [3.05, 3.63) is 65.5 Å². The van der Waals surface area contributed by atoms with Crippen LogP contribution < -0.4 is 20.3 Å². The normalized spacial score (nSPS) is 25.7. The van der Waals surface area contributed by atoms with Gasteiger partial charge in [0.2, 0.25) is 5.91 Å². The van der Waals surface area contributed by atoms with Crippen LogP contribution in [-0.4, -0.2) is 77.9 Å². The molecular weight excluding hydrogens is 616 g/mol. The lowest BCUT2D eigenvalue weighted by Crippen LogP contribution is -2.46. The summed E-state index contributed by atoms with van der Waals surface area (Å²) >= 11 is 0. The first-order valence-electron chi connectivity index (χ1n) is 16.6. The minimum Gasteiger partial charge on any atom is -0.497 e. The van der Waals surface area contributed by atoms with E-state index in [2.05, 4.69) is 20.9 Å². The Labute approximate surface area is 276 Å². The Morgan fingerprint density at radius 1 is 1.23 bits per heavy atom. The first-order chi connectivity index (χ1) is 22.5. The van der Waals surface area contributed by atoms with Gasteiger partial charge in [0.15, 0.2) is 13.9 Å². The number of anilines is 2. The highest BCUT2D eigenvalue weighted by Gasteiger charge is 2.66. The number of carbonyl (C=O) groups is 2. The average Bonchev–Trinajstić information content (AvgIpc) is 3.71. The highest BCUT2D eigenvalue weighted by atomic mass is 28.4. The molecule has 3 aliphatic heterocycles. The van der Waals surface area contributed by atoms with Crippen molar-refractivity contribution in [1.29, 1.82) is 0 Å². The predicted octanol–water partition coefficient (Wildman–Crippen LogP) is 3.19. The molecular formula is C34H46N6O6Si. The largest absolute Gasteiger partial charge is 0.497 e. The summed E-state index contributed by atoms with van der Waals surface area (Å²) in [5.74, 6) is 0.137. The fourth-order valence-corrected chi connectivity index (χ4v) is 10.3. The number of aryl methyl sites for hydroxylation is 1. The summed E-state index contributed by atoms with van der Waals surface area (Å²) in [5, 5.41) is 23.9. The van der Waals surface area contributed by atoms with Crippen LogP contribution in [0.4, 0.5) is 11.4 Å². The highest BCUT2D eigenvalue weighted by molar-refractivity contribution is 6.71. The second kappa shape index (κ2) is 13.5. The van der Waals surface area contributed by atoms with Crippen LogP contribution in [-0.2, 0) is 39.4 Å². The minimum atomic E-state index is -2.83. The molecule has 3 aliphatic rings. The Morgan fingerprint density at radius 2 is 2.02 bits per heavy atom. The number of amides is 2. The topological polar surface area (TPSA) is 151 Å². The lowest BCUT2D eigenvalue weighted by molar-refractivity contribution is -0.146. The second-order valence-corrected chi connectivity index (χ2v) is 17.6. The first kappa shape index (κ1) is 33.3. The van der Waals surface area contributed by atoms with E-state index in [1.807, 2.05) is 68.7 Å². The van der Waals surface area contributed by atoms with Gasteiger partial charge in [-0.2, -0.15) is 0 Å². The Hall–Kier alpha value is -3.62. The van der Waals surface area contributed by atoms with Crippen LogP contribution in [0.2, 0.25) is 18.6 Å². The molecule has 0 bridgehead atoms. The van der Waals surface area contributed by atoms with E-state index in [1.54, 1.807) is 16.7 Å². The lowest BCUT2D eigenvalue weighted by atomic mass is 9.82. The number of aliphatic hydroxyl groups is 1. The summed E-state index contributed by atoms with van der Waals surface area (Å²) in [6.45, 7) is 8.29. The molecule has 13 heteroatoms. The molecule has 252 valence electrons. The molecule has 1 unspecified atom stereocenters. The summed E-state index contributed by atoms with van der Waals surface area (Å²) < 4.78 is 14.3. The van der Waals surface area contributed by atoms with Crippen molar-refractivity contribution >= 4 is 31.5 Å². The van der Waals surface area contributed by atoms with E-state index in [9.17, 15) is 19.5 Å². The third-order valence-electron chi connectivity index (χ3n) is 10.0. The van der Waals surface area contributed by atoms with Crippen LogP contribution in [0.25, 0.3) is 0 Å². The third kappa shape index (κ3) is 6.46. The molecule has 12 nitrogen and oxygen atoms in total. The van der Waals surface area contributed by atoms with E-state index in [-0.39, 0.29) is 35.8 Å². The van der Waals surface area contributed by atoms with Crippen molar-refractivity contribution in [2.75, 3.05) is 37.0 Å². The Balaban J connectivity index is 1.26. The molecule has 0 aliphatic carbocycles. The first-order valence-corrected chi connectivity index (χ1v) is 19.6. The number of carbonyl (C=O) groups excluding carboxylic acids is 2. The number of nitrogens with zero attached hydrogens (tertiary/aromatic N) is 4. The van der Waals surface area contributed by atoms with Crippen molar-refractivity contribution in [3.63, 3.8) is 0 Å². The molecule has 0 saturated carbocycles. The average molecular weight is 663 g/mol. The molecule has 2 aromatic carbocycles. The van der Waals surface area contributed by atoms with Crippen LogP contribution in [0.3, 0.4) is 0 Å². The van der Waals surface area contributed by atoms with Gasteiger partial charge in [-0.3, -0.25) is 14.3 Å². The van der Waals surface area contributed by atoms with Gasteiger partial charge in [-0.25, -0.2) is 0 Å². The SMILES string of the molecule is COc1ccc2c(c1)[C@@]1(O[C@H](CCn3cc(CCO)nn3)[C@@H]([Si](C)(C)O)[C@@H]1C)C(=O)N2Cc1ccc(NC(=O)C2CCCNC2)cc1. The van der Waals surface area contributed by atoms with E-state index in [4.69, 9.17) is 9.47 Å². The number of nitrogens with one attached hydrogen (secondary N) is 2. The summed E-state index contributed by atoms with van der Waals surface area (Å²) in [6, 6.07) is 13.3. The lowest BCUT2D eigenvalue weighted by Gasteiger charge is -2.32. The molecule has 4 heterocycles. The fourth-order valence-electron chi connectivity index (χ4n) is 7.74. The predicted molar refractivity (Wildman–Crippen MR) is 179 cm³/mol. The monoisotopic (exact) mass is 662 g/mol. The number of benzene rings is 2. The van der Waals surface area contributed by atoms with Crippen LogP contribution >= 0.6 is 0 Å². The Bertz CT molecular complexity index is 1590. The molecule has 6 rings (SSSR count). The van der Waals surface area contributed by atoms with Gasteiger partial charge >= 0.3 is 0 Å². The molecule has 2 saturated heterocycles. The van der Waals surface area contributed by atoms with Crippen molar-refractivity contribution in [1.82, 2.24) is 20.3 Å². The zero-order valence-corrected chi connectivity index (χ0v) is 28.6. The number of hydrogen-bond acceptors (Lipinski definition) is 9. The fraction of sp³-hybridized carbons (Fsp3) is 0.529. The van der Waals surface area contributed by atoms with Crippen molar-refractivity contribution < 1.29 is 29.0 Å². The van der Waals surface area contributed by atoms with Crippen LogP contribution in [0.5, 0.6) is 5.75 Å². The van der Waals surface area contributed by atoms with E-state index in [1.165, 1.54) is 0 Å². The summed E-state index contributed by atoms with van der Waals surface area (Å²) in [7, 11) is -1.23. The van der Waals surface area contributed by atoms with Crippen molar-refractivity contribution in [2.45, 2.75) is 76.0 Å². The van der Waals surface area contributed by atoms with Gasteiger partial charge in [0.1, 0.15) is 5.75 Å². The standard InChI is InChI=1S/C34H46N6O6Si/c1-22-31(47(3,4)44)30(13-16-39-21-26(14-17-41)37-38-39)46-34(22)28-18-27(45-2)11-12-29(28)40(33(34)43)20-23-7-9-25(10-8-23)36-32(42)24-6-5-15-35-19-24/h7-12,18,21-22,24,30-31,35,41,44H,5-6,13-17,19-20H2,1-4H3,(H,36,42)/t22-,24?,30+,31-,34+/m0/s1. The zero-order valence-electron chi connectivity index (χ0n) is 27.6. The maximum absolute atomic E-state index is 14.7. The van der Waals surface area contributed by atoms with Crippen molar-refractivity contribution in [2.24, 2.45) is 11.8 Å². The number of aromatic nitrogens is 3. The molecule has 1 aromatic heterocycles. The number of methoxy groups -OCH3 is 1. The van der Waals surface area contributed by atoms with E-state index in [0.29, 0.717) is 43.9 Å². The zero-order chi connectivity index (χ0) is 33.3. The van der Waals surface area contributed by atoms with Gasteiger partial charge in [-0.1, -0.05) is 24.3 Å². The maximum atomic E-state index is 14.7. The maximum Gasteiger partial charge on any atom is 0.264 e. The quantitative estimate of drug-likeness (QED) is 0.227. The summed E-state index contributed by atoms with van der Waals surface area (Å²) in [6.07, 6.45) is 4.25. The molecule has 2 fully saturated rings. The van der Waals surface area contributed by atoms with Gasteiger partial charge in [-0.05, 0) is 74.8 Å². The number of aliphatic hydroxyl groups excluding tert-OH is 1. The molecule has 5 atom stereocenters. The minimum absolute atomic E-state index is 0.00261. The number of ether oxygens (including phenoxy) is 2. The van der Waals surface area contributed by atoms with Gasteiger partial charge in [0.25, 0.3) is 5.91 Å². The number of fused-ring (bicyclic) bond motifs is 2. The van der Waals surface area contributed by atoms with E-state index >= 15 is 0 Å². The molecule has 1 spiro atoms. The van der Waals surface area contributed by atoms with Gasteiger partial charge in [0.05, 0.1) is 37.1 Å². The number of piperidine rings is 1. The van der Waals surface area contributed by atoms with Gasteiger partial charge < -0.3 is 34.9 Å². The summed E-state index contributed by atoms with van der Waals surface area (Å²) in [4.78, 5) is 40.9. The van der Waals surface area contributed by atoms with Gasteiger partial charge in [0, 0.05) is 55.0 Å². The summed E-state index contributed by atoms with van der Waals surface area (Å²) in [5.41, 5.74) is 2.32. The highest BCUT2D eigenvalue weighted by Crippen LogP contribution is 2.60. The second-order valence-electron chi connectivity index (χ2n) is 13.6. The molecule has 3 aromatic rings. The molecule has 2 amide bonds. The number of hydrogen-bond donors (Lipinski definition) is 4. The van der Waals surface area contributed by atoms with Gasteiger partial charge in [-0.15, -0.1) is 5.10 Å². The Morgan fingerprint density at radius 3 is 2.70 bits per heavy atom. The number of rotatable bonds is 11. The smallest absolute Gasteiger partial charge is 0.264 e. The third-order valence-corrected chi connectivity index (χ3v) is 12.5. The van der Waals surface area contributed by atoms with E-state index in [0.717, 1.165) is 41.9 Å². The Kier molecular flexibility index (Phi) is 9.54. The van der Waals surface area contributed by atoms with E-state index < -0.39 is 20.0 Å². The molecule has 4 N–H and O–H groups in total. The molecule has 47 heavy (non-hydrogen) atoms.